The molecule has 0 aliphatic heterocycles. The van der Waals surface area contributed by atoms with Crippen molar-refractivity contribution in [3.05, 3.63) is 54.3 Å². The van der Waals surface area contributed by atoms with Crippen molar-refractivity contribution < 1.29 is 22.3 Å². The lowest BCUT2D eigenvalue weighted by atomic mass is 9.95. The van der Waals surface area contributed by atoms with Crippen LogP contribution in [0.25, 0.3) is 0 Å². The minimum Gasteiger partial charge on any atom is -0.494 e. The van der Waals surface area contributed by atoms with Crippen molar-refractivity contribution in [1.29, 1.82) is 0 Å². The molecule has 6 nitrogen and oxygen atoms in total. The third-order valence-corrected chi connectivity index (χ3v) is 8.00. The number of fused-ring (bicyclic) bond motifs is 2. The Balaban J connectivity index is 1.58. The molecule has 1 N–H and O–H groups in total. The second kappa shape index (κ2) is 8.86. The van der Waals surface area contributed by atoms with Crippen LogP contribution in [0.5, 0.6) is 5.75 Å². The van der Waals surface area contributed by atoms with Gasteiger partial charge in [0.25, 0.3) is 10.0 Å². The van der Waals surface area contributed by atoms with Gasteiger partial charge in [-0.25, -0.2) is 12.8 Å². The highest BCUT2D eigenvalue weighted by Gasteiger charge is 2.40. The van der Waals surface area contributed by atoms with E-state index in [1.54, 1.807) is 24.3 Å². The molecule has 4 rings (SSSR count). The topological polar surface area (TPSA) is 75.7 Å². The number of ether oxygens (including phenoxy) is 1. The van der Waals surface area contributed by atoms with Crippen LogP contribution in [0.3, 0.4) is 0 Å². The highest BCUT2D eigenvalue weighted by atomic mass is 32.2. The SMILES string of the molecule is CCOc1ccc(N(CC(=O)N[C@@H]2C[C@@H]3CC[C@@H]2C3)S(=O)(=O)c2ccc(F)cc2)cc1. The number of hydrogen-bond donors (Lipinski definition) is 1. The monoisotopic (exact) mass is 446 g/mol. The summed E-state index contributed by atoms with van der Waals surface area (Å²) in [5.74, 6) is 0.900. The predicted octanol–water partition coefficient (Wildman–Crippen LogP) is 3.72. The van der Waals surface area contributed by atoms with Crippen molar-refractivity contribution in [2.75, 3.05) is 17.5 Å². The maximum absolute atomic E-state index is 13.3. The molecule has 2 fully saturated rings. The Morgan fingerprint density at radius 3 is 2.39 bits per heavy atom. The van der Waals surface area contributed by atoms with E-state index in [1.165, 1.54) is 18.6 Å². The van der Waals surface area contributed by atoms with E-state index in [0.717, 1.165) is 35.7 Å². The summed E-state index contributed by atoms with van der Waals surface area (Å²) >= 11 is 0. The van der Waals surface area contributed by atoms with Crippen molar-refractivity contribution in [2.24, 2.45) is 11.8 Å². The van der Waals surface area contributed by atoms with E-state index < -0.39 is 15.8 Å². The van der Waals surface area contributed by atoms with Crippen molar-refractivity contribution in [2.45, 2.75) is 43.5 Å². The smallest absolute Gasteiger partial charge is 0.264 e. The maximum Gasteiger partial charge on any atom is 0.264 e. The van der Waals surface area contributed by atoms with Crippen LogP contribution >= 0.6 is 0 Å². The second-order valence-electron chi connectivity index (χ2n) is 8.24. The number of hydrogen-bond acceptors (Lipinski definition) is 4. The van der Waals surface area contributed by atoms with Crippen LogP contribution in [0.4, 0.5) is 10.1 Å². The first kappa shape index (κ1) is 21.6. The molecule has 2 bridgehead atoms. The summed E-state index contributed by atoms with van der Waals surface area (Å²) in [4.78, 5) is 12.8. The first-order valence-corrected chi connectivity index (χ1v) is 12.1. The third kappa shape index (κ3) is 4.69. The molecule has 0 unspecified atom stereocenters. The van der Waals surface area contributed by atoms with E-state index in [1.807, 2.05) is 6.92 Å². The quantitative estimate of drug-likeness (QED) is 0.671. The molecule has 0 radical (unpaired) electrons. The summed E-state index contributed by atoms with van der Waals surface area (Å²) in [6.07, 6.45) is 4.44. The van der Waals surface area contributed by atoms with Gasteiger partial charge in [-0.1, -0.05) is 6.42 Å². The molecule has 0 aromatic heterocycles. The van der Waals surface area contributed by atoms with Crippen molar-refractivity contribution in [3.8, 4) is 5.75 Å². The third-order valence-electron chi connectivity index (χ3n) is 6.21. The molecule has 1 amide bonds. The molecule has 8 heteroatoms. The Morgan fingerprint density at radius 2 is 1.81 bits per heavy atom. The first-order valence-electron chi connectivity index (χ1n) is 10.7. The fourth-order valence-electron chi connectivity index (χ4n) is 4.73. The number of benzene rings is 2. The number of halogens is 1. The average Bonchev–Trinajstić information content (AvgIpc) is 3.36. The number of amides is 1. The zero-order valence-electron chi connectivity index (χ0n) is 17.5. The summed E-state index contributed by atoms with van der Waals surface area (Å²) in [6, 6.07) is 11.3. The minimum atomic E-state index is -4.07. The van der Waals surface area contributed by atoms with Gasteiger partial charge in [0, 0.05) is 6.04 Å². The molecule has 0 saturated heterocycles. The Hall–Kier alpha value is -2.61. The molecular formula is C23H27FN2O4S. The lowest BCUT2D eigenvalue weighted by Gasteiger charge is -2.27. The van der Waals surface area contributed by atoms with Crippen LogP contribution in [-0.4, -0.2) is 33.5 Å². The molecule has 2 saturated carbocycles. The molecule has 2 aromatic rings. The van der Waals surface area contributed by atoms with Gasteiger partial charge in [0.15, 0.2) is 0 Å². The lowest BCUT2D eigenvalue weighted by Crippen LogP contribution is -2.46. The van der Waals surface area contributed by atoms with Gasteiger partial charge < -0.3 is 10.1 Å². The molecular weight excluding hydrogens is 419 g/mol. The minimum absolute atomic E-state index is 0.0736. The van der Waals surface area contributed by atoms with E-state index in [-0.39, 0.29) is 23.4 Å². The van der Waals surface area contributed by atoms with Crippen molar-refractivity contribution in [3.63, 3.8) is 0 Å². The van der Waals surface area contributed by atoms with Gasteiger partial charge in [-0.15, -0.1) is 0 Å². The van der Waals surface area contributed by atoms with Crippen LogP contribution in [0.15, 0.2) is 53.4 Å². The molecule has 31 heavy (non-hydrogen) atoms. The summed E-state index contributed by atoms with van der Waals surface area (Å²) in [5, 5.41) is 3.05. The van der Waals surface area contributed by atoms with Gasteiger partial charge in [-0.3, -0.25) is 9.10 Å². The zero-order chi connectivity index (χ0) is 22.0. The number of nitrogens with zero attached hydrogens (tertiary/aromatic N) is 1. The molecule has 2 aromatic carbocycles. The van der Waals surface area contributed by atoms with Crippen LogP contribution in [0.1, 0.15) is 32.6 Å². The van der Waals surface area contributed by atoms with E-state index in [9.17, 15) is 17.6 Å². The number of carbonyl (C=O) groups excluding carboxylic acids is 1. The summed E-state index contributed by atoms with van der Waals surface area (Å²) < 4.78 is 46.5. The first-order chi connectivity index (χ1) is 14.9. The number of anilines is 1. The molecule has 0 heterocycles. The number of sulfonamides is 1. The van der Waals surface area contributed by atoms with E-state index >= 15 is 0 Å². The standard InChI is InChI=1S/C23H27FN2O4S/c1-2-30-20-9-7-19(8-10-20)26(31(28,29)21-11-5-18(24)6-12-21)15-23(27)25-22-14-16-3-4-17(22)13-16/h5-12,16-17,22H,2-4,13-15H2,1H3,(H,25,27)/t16-,17-,22-/m1/s1. The Bertz CT molecular complexity index is 1020. The van der Waals surface area contributed by atoms with Crippen LogP contribution in [-0.2, 0) is 14.8 Å². The predicted molar refractivity (Wildman–Crippen MR) is 116 cm³/mol. The summed E-state index contributed by atoms with van der Waals surface area (Å²) in [5.41, 5.74) is 0.343. The average molecular weight is 447 g/mol. The highest BCUT2D eigenvalue weighted by molar-refractivity contribution is 7.92. The van der Waals surface area contributed by atoms with Gasteiger partial charge >= 0.3 is 0 Å². The normalized spacial score (nSPS) is 22.3. The molecule has 2 aliphatic carbocycles. The van der Waals surface area contributed by atoms with Crippen molar-refractivity contribution >= 4 is 21.6 Å². The molecule has 0 spiro atoms. The number of rotatable bonds is 8. The Labute approximate surface area is 182 Å². The zero-order valence-corrected chi connectivity index (χ0v) is 18.3. The summed E-state index contributed by atoms with van der Waals surface area (Å²) in [7, 11) is -4.07. The van der Waals surface area contributed by atoms with Crippen LogP contribution in [0.2, 0.25) is 0 Å². The van der Waals surface area contributed by atoms with Gasteiger partial charge in [0.1, 0.15) is 18.1 Å². The van der Waals surface area contributed by atoms with Crippen LogP contribution < -0.4 is 14.4 Å². The number of nitrogens with one attached hydrogen (secondary N) is 1. The van der Waals surface area contributed by atoms with E-state index in [4.69, 9.17) is 4.74 Å². The number of carbonyl (C=O) groups is 1. The van der Waals surface area contributed by atoms with Crippen LogP contribution in [0, 0.1) is 17.7 Å². The maximum atomic E-state index is 13.3. The fraction of sp³-hybridized carbons (Fsp3) is 0.435. The largest absolute Gasteiger partial charge is 0.494 e. The fourth-order valence-corrected chi connectivity index (χ4v) is 6.15. The van der Waals surface area contributed by atoms with Gasteiger partial charge in [0.2, 0.25) is 5.91 Å². The Morgan fingerprint density at radius 1 is 1.10 bits per heavy atom. The molecule has 2 aliphatic rings. The highest BCUT2D eigenvalue weighted by Crippen LogP contribution is 2.44. The Kier molecular flexibility index (Phi) is 6.18. The lowest BCUT2D eigenvalue weighted by molar-refractivity contribution is -0.120. The molecule has 166 valence electrons. The van der Waals surface area contributed by atoms with Gasteiger partial charge in [-0.2, -0.15) is 0 Å². The van der Waals surface area contributed by atoms with E-state index in [2.05, 4.69) is 5.32 Å². The van der Waals surface area contributed by atoms with Gasteiger partial charge in [0.05, 0.1) is 17.2 Å². The molecule has 3 atom stereocenters. The summed E-state index contributed by atoms with van der Waals surface area (Å²) in [6.45, 7) is 2.00. The van der Waals surface area contributed by atoms with E-state index in [0.29, 0.717) is 29.9 Å². The van der Waals surface area contributed by atoms with Crippen molar-refractivity contribution in [1.82, 2.24) is 5.32 Å². The second-order valence-corrected chi connectivity index (χ2v) is 10.1. The van der Waals surface area contributed by atoms with Gasteiger partial charge in [-0.05, 0) is 86.6 Å².